The number of fused-ring (bicyclic) bond motifs is 4. The molecule has 4 fully saturated rings. The van der Waals surface area contributed by atoms with Gasteiger partial charge < -0.3 is 54.7 Å². The van der Waals surface area contributed by atoms with Crippen LogP contribution in [-0.2, 0) is 26.7 Å². The highest BCUT2D eigenvalue weighted by molar-refractivity contribution is 7.89. The fourth-order valence-corrected chi connectivity index (χ4v) is 20.4. The molecule has 0 atom stereocenters. The molecule has 4 aliphatic heterocycles. The van der Waals surface area contributed by atoms with E-state index in [1.165, 1.54) is 41.9 Å². The van der Waals surface area contributed by atoms with Gasteiger partial charge in [0.2, 0.25) is 20.0 Å². The Hall–Kier alpha value is -13.0. The number of nitrogens with zero attached hydrogens (tertiary/aromatic N) is 18. The number of aromatic nitrogens is 16. The minimum Gasteiger partial charge on any atom is -0.493 e. The van der Waals surface area contributed by atoms with Crippen molar-refractivity contribution in [2.24, 2.45) is 0 Å². The number of β-amino-alcohol motifs (C(OH)–C–C–N with tert-alkyl or cyclic N) is 2. The van der Waals surface area contributed by atoms with Crippen molar-refractivity contribution in [1.29, 1.82) is 0 Å². The van der Waals surface area contributed by atoms with Gasteiger partial charge in [0, 0.05) is 237 Å². The maximum absolute atomic E-state index is 14.5. The zero-order chi connectivity index (χ0) is 94.0. The molecule has 0 saturated carbocycles. The number of halogens is 7. The fourth-order valence-electron chi connectivity index (χ4n) is 18.0. The number of pyridine rings is 4. The molecule has 12 aromatic heterocycles. The van der Waals surface area contributed by atoms with E-state index >= 15 is 0 Å². The number of rotatable bonds is 22. The largest absolute Gasteiger partial charge is 0.493 e. The van der Waals surface area contributed by atoms with Crippen LogP contribution >= 0.6 is 0 Å². The number of aliphatic hydroxyl groups excluding tert-OH is 3. The molecular weight excluding hydrogens is 1770 g/mol. The van der Waals surface area contributed by atoms with Crippen LogP contribution in [0.1, 0.15) is 73.4 Å². The van der Waals surface area contributed by atoms with E-state index in [-0.39, 0.29) is 36.3 Å². The van der Waals surface area contributed by atoms with Crippen LogP contribution in [0.5, 0.6) is 5.75 Å². The molecule has 0 bridgehead atoms. The molecule has 39 heteroatoms. The molecule has 4 aliphatic rings. The Morgan fingerprint density at radius 2 is 0.828 bits per heavy atom. The van der Waals surface area contributed by atoms with Crippen molar-refractivity contribution in [2.45, 2.75) is 78.5 Å². The summed E-state index contributed by atoms with van der Waals surface area (Å²) in [5.41, 5.74) is 15.9. The van der Waals surface area contributed by atoms with Crippen LogP contribution < -0.4 is 14.5 Å². The number of aryl methyl sites for hydroxylation is 1. The molecule has 700 valence electrons. The summed E-state index contributed by atoms with van der Waals surface area (Å²) in [6.07, 6.45) is 34.0. The minimum absolute atomic E-state index is 0.0111. The van der Waals surface area contributed by atoms with Gasteiger partial charge in [0.1, 0.15) is 57.5 Å². The summed E-state index contributed by atoms with van der Waals surface area (Å²) >= 11 is 0. The minimum atomic E-state index is -3.19. The average Bonchev–Trinajstić information content (AvgIpc) is 1.58. The molecule has 30 nitrogen and oxygen atoms in total. The molecule has 16 aromatic rings. The number of ether oxygens (including phenoxy) is 1. The molecule has 0 spiro atoms. The summed E-state index contributed by atoms with van der Waals surface area (Å²) < 4.78 is 163. The third-order valence-electron chi connectivity index (χ3n) is 25.3. The van der Waals surface area contributed by atoms with Gasteiger partial charge in [-0.1, -0.05) is 13.0 Å². The predicted octanol–water partition coefficient (Wildman–Crippen LogP) is 14.6. The third-order valence-corrected chi connectivity index (χ3v) is 28.7. The van der Waals surface area contributed by atoms with Crippen LogP contribution in [0.25, 0.3) is 122 Å². The molecule has 134 heavy (non-hydrogen) atoms. The second-order valence-corrected chi connectivity index (χ2v) is 38.0. The summed E-state index contributed by atoms with van der Waals surface area (Å²) in [7, 11) is -5.01. The lowest BCUT2D eigenvalue weighted by Gasteiger charge is -2.34. The van der Waals surface area contributed by atoms with Gasteiger partial charge in [-0.05, 0) is 135 Å². The van der Waals surface area contributed by atoms with Gasteiger partial charge in [-0.15, -0.1) is 0 Å². The number of aromatic amines is 4. The van der Waals surface area contributed by atoms with Crippen molar-refractivity contribution < 1.29 is 67.6 Å². The van der Waals surface area contributed by atoms with Crippen LogP contribution in [0.15, 0.2) is 172 Å². The molecule has 0 aliphatic carbocycles. The van der Waals surface area contributed by atoms with Crippen molar-refractivity contribution in [3.8, 4) is 83.9 Å². The number of piperidine rings is 2. The number of methoxy groups -OCH3 is 1. The van der Waals surface area contributed by atoms with E-state index in [2.05, 4.69) is 79.9 Å². The van der Waals surface area contributed by atoms with Gasteiger partial charge >= 0.3 is 0 Å². The third kappa shape index (κ3) is 19.8. The first-order chi connectivity index (χ1) is 64.6. The van der Waals surface area contributed by atoms with Crippen molar-refractivity contribution >= 4 is 75.6 Å². The molecule has 4 saturated heterocycles. The van der Waals surface area contributed by atoms with Gasteiger partial charge in [0.25, 0.3) is 0 Å². The number of hydrogen-bond acceptors (Lipinski definition) is 20. The predicted molar refractivity (Wildman–Crippen MR) is 499 cm³/mol. The van der Waals surface area contributed by atoms with E-state index in [1.807, 2.05) is 90.7 Å². The highest BCUT2D eigenvalue weighted by atomic mass is 32.2. The zero-order valence-corrected chi connectivity index (χ0v) is 76.1. The summed E-state index contributed by atoms with van der Waals surface area (Å²) in [4.78, 5) is 39.2. The summed E-state index contributed by atoms with van der Waals surface area (Å²) in [5, 5.41) is 49.2. The topological polar surface area (TPSA) is 344 Å². The standard InChI is InChI=1S/C26H30FN5O3S.C24H25F2N5O2.C23H24F2N6O.C22H22F2N6O2S/c1-3-8-36(34,35)31-6-4-20(5-7-31)32-15-19(13-30-32)18-11-22-23(14-29-26(22)28-12-18)21-9-17(2)10-25(27)24(21)16-33;1-33-23-19(9-17(25)10-22(23)26)21-13-28-24-20(21)8-15(11-27-24)16-12-29-31(14-16)18-2-4-30(5-3-18)6-7-32;1-15-19(8-16(24)9-22(15)25)21-13-27-23-20(21)10-17(11-26-23)31-14-18(12-28-31)30-4-2-29(3-5-30)6-7-32;1-14-18(7-15(23)8-21(14)24)20-12-26-22-19(20)9-16(10-25-22)30-13-17(11-27-30)28-3-5-29(6-4-28)33(2,31)32/h9-15,20,33H,3-8,16H2,1-2H3,(H,28,29);8-14,18,32H,2-7H2,1H3,(H,27,28);8-14,32H,2-7H2,1H3,(H,26,27);7-13H,3-6H2,1-2H3,(H,25,26). The number of sulfonamides is 2. The van der Waals surface area contributed by atoms with Crippen molar-refractivity contribution in [2.75, 3.05) is 134 Å². The Kier molecular flexibility index (Phi) is 27.5. The van der Waals surface area contributed by atoms with E-state index < -0.39 is 67.4 Å². The lowest BCUT2D eigenvalue weighted by molar-refractivity contribution is 0.146. The Labute approximate surface area is 767 Å². The zero-order valence-electron chi connectivity index (χ0n) is 74.5. The van der Waals surface area contributed by atoms with Crippen LogP contribution in [0, 0.1) is 61.5 Å². The number of hydrogen-bond donors (Lipinski definition) is 7. The second kappa shape index (κ2) is 39.7. The van der Waals surface area contributed by atoms with Gasteiger partial charge in [0.15, 0.2) is 11.6 Å². The lowest BCUT2D eigenvalue weighted by atomic mass is 9.96. The highest BCUT2D eigenvalue weighted by Gasteiger charge is 2.32. The van der Waals surface area contributed by atoms with Gasteiger partial charge in [-0.3, -0.25) is 14.3 Å². The molecule has 16 heterocycles. The number of aliphatic hydroxyl groups is 3. The molecule has 0 unspecified atom stereocenters. The summed E-state index contributed by atoms with van der Waals surface area (Å²) in [6, 6.07) is 18.0. The monoisotopic (exact) mass is 1870 g/mol. The fraction of sp³-hybridized carbons (Fsp3) is 0.326. The number of benzene rings is 4. The van der Waals surface area contributed by atoms with Crippen molar-refractivity contribution in [1.82, 2.24) is 97.4 Å². The molecule has 4 aromatic carbocycles. The van der Waals surface area contributed by atoms with Gasteiger partial charge in [-0.2, -0.15) is 24.7 Å². The highest BCUT2D eigenvalue weighted by Crippen LogP contribution is 2.42. The van der Waals surface area contributed by atoms with Crippen LogP contribution in [-0.4, -0.2) is 254 Å². The van der Waals surface area contributed by atoms with E-state index in [0.29, 0.717) is 156 Å². The van der Waals surface area contributed by atoms with E-state index in [1.54, 1.807) is 89.5 Å². The molecule has 7 N–H and O–H groups in total. The SMILES string of the molecule is CCCS(=O)(=O)N1CCC(n2cc(-c3cnc4[nH]cc(-c5cc(C)cc(F)c5CO)c4c3)cn2)CC1.COc1c(F)cc(F)cc1-c1c[nH]c2ncc(-c3cnn(C4CCN(CCO)CC4)c3)cc12.Cc1c(F)cc(F)cc1-c1c[nH]c2ncc(-n3cc(N4CCN(CCO)CC4)cn3)cc12.Cc1c(F)cc(F)cc1-c1c[nH]c2ncc(-n3cc(N4CCN(S(C)(=O)=O)CC4)cn3)cc12. The van der Waals surface area contributed by atoms with Gasteiger partial charge in [-0.25, -0.2) is 81.2 Å². The Morgan fingerprint density at radius 3 is 1.28 bits per heavy atom. The Bertz CT molecular complexity index is 7180. The second-order valence-electron chi connectivity index (χ2n) is 33.9. The Morgan fingerprint density at radius 1 is 0.410 bits per heavy atom. The quantitative estimate of drug-likeness (QED) is 0.0310. The number of likely N-dealkylation sites (tertiary alicyclic amines) is 1. The van der Waals surface area contributed by atoms with Crippen LogP contribution in [0.2, 0.25) is 0 Å². The van der Waals surface area contributed by atoms with E-state index in [4.69, 9.17) is 14.9 Å². The van der Waals surface area contributed by atoms with E-state index in [9.17, 15) is 52.7 Å². The summed E-state index contributed by atoms with van der Waals surface area (Å²) in [5.74, 6) is -4.11. The Balaban J connectivity index is 0.000000124. The number of piperazine rings is 2. The molecular formula is C95H101F7N22O8S2. The maximum atomic E-state index is 14.5. The first-order valence-electron chi connectivity index (χ1n) is 44.1. The maximum Gasteiger partial charge on any atom is 0.214 e. The lowest BCUT2D eigenvalue weighted by Crippen LogP contribution is -2.48. The first-order valence-corrected chi connectivity index (χ1v) is 47.6. The van der Waals surface area contributed by atoms with Crippen molar-refractivity contribution in [3.63, 3.8) is 0 Å². The number of H-pyrrole nitrogens is 4. The number of nitrogens with one attached hydrogen (secondary N) is 4. The van der Waals surface area contributed by atoms with Crippen molar-refractivity contribution in [3.05, 3.63) is 235 Å². The molecule has 20 rings (SSSR count). The average molecular weight is 1880 g/mol. The van der Waals surface area contributed by atoms with E-state index in [0.717, 1.165) is 142 Å². The molecule has 0 radical (unpaired) electrons. The number of anilines is 2. The smallest absolute Gasteiger partial charge is 0.214 e. The van der Waals surface area contributed by atoms with Crippen LogP contribution in [0.4, 0.5) is 42.1 Å². The van der Waals surface area contributed by atoms with Gasteiger partial charge in [0.05, 0.1) is 123 Å². The molecule has 0 amide bonds. The summed E-state index contributed by atoms with van der Waals surface area (Å²) in [6.45, 7) is 16.7. The first kappa shape index (κ1) is 92.8. The normalized spacial score (nSPS) is 15.4. The van der Waals surface area contributed by atoms with Crippen LogP contribution in [0.3, 0.4) is 0 Å².